The molecule has 2 nitrogen and oxygen atoms in total. The molecule has 0 saturated carbocycles. The van der Waals surface area contributed by atoms with Crippen molar-refractivity contribution >= 4 is 12.4 Å². The molecular formula is C16H35ClO2. The lowest BCUT2D eigenvalue weighted by atomic mass is 9.89. The highest BCUT2D eigenvalue weighted by Crippen LogP contribution is 2.29. The van der Waals surface area contributed by atoms with Crippen LogP contribution >= 0.6 is 12.4 Å². The average molecular weight is 295 g/mol. The summed E-state index contributed by atoms with van der Waals surface area (Å²) >= 11 is 0. The molecule has 118 valence electrons. The monoisotopic (exact) mass is 294 g/mol. The molecule has 0 aromatic heterocycles. The van der Waals surface area contributed by atoms with Crippen LogP contribution in [0.15, 0.2) is 0 Å². The fraction of sp³-hybridized carbons (Fsp3) is 1.00. The molecular weight excluding hydrogens is 260 g/mol. The third kappa shape index (κ3) is 8.88. The van der Waals surface area contributed by atoms with Gasteiger partial charge in [-0.15, -0.1) is 12.4 Å². The highest BCUT2D eigenvalue weighted by atomic mass is 35.5. The summed E-state index contributed by atoms with van der Waals surface area (Å²) in [5.41, 5.74) is -0.458. The average Bonchev–Trinajstić information content (AvgIpc) is 2.30. The molecule has 0 saturated heterocycles. The van der Waals surface area contributed by atoms with Gasteiger partial charge < -0.3 is 9.47 Å². The van der Waals surface area contributed by atoms with E-state index in [1.165, 1.54) is 25.7 Å². The Bertz CT molecular complexity index is 181. The largest absolute Gasteiger partial charge is 0.373 e. The molecule has 0 spiro atoms. The maximum absolute atomic E-state index is 6.03. The minimum Gasteiger partial charge on any atom is -0.373 e. The molecule has 0 aromatic rings. The first-order chi connectivity index (χ1) is 8.37. The second-order valence-electron chi connectivity index (χ2n) is 6.13. The molecule has 0 radical (unpaired) electrons. The van der Waals surface area contributed by atoms with Crippen molar-refractivity contribution in [3.63, 3.8) is 0 Å². The van der Waals surface area contributed by atoms with E-state index in [0.717, 1.165) is 26.1 Å². The number of halogens is 1. The molecule has 0 aliphatic carbocycles. The molecule has 0 unspecified atom stereocenters. The summed E-state index contributed by atoms with van der Waals surface area (Å²) in [6.45, 7) is 14.7. The minimum atomic E-state index is -0.229. The van der Waals surface area contributed by atoms with Crippen molar-refractivity contribution in [3.8, 4) is 0 Å². The first-order valence-electron chi connectivity index (χ1n) is 7.65. The van der Waals surface area contributed by atoms with Crippen LogP contribution in [-0.2, 0) is 9.47 Å². The Morgan fingerprint density at radius 3 is 1.21 bits per heavy atom. The van der Waals surface area contributed by atoms with Gasteiger partial charge in [-0.25, -0.2) is 0 Å². The third-order valence-corrected chi connectivity index (χ3v) is 3.87. The van der Waals surface area contributed by atoms with E-state index in [2.05, 4.69) is 41.5 Å². The SMILES string of the molecule is CCCCCOC(C)(C)C(C)(C)OCCCCC.Cl. The quantitative estimate of drug-likeness (QED) is 0.476. The molecule has 0 aromatic carbocycles. The number of rotatable bonds is 11. The molecule has 0 bridgehead atoms. The highest BCUT2D eigenvalue weighted by Gasteiger charge is 2.38. The zero-order valence-electron chi connectivity index (χ0n) is 13.9. The van der Waals surface area contributed by atoms with Gasteiger partial charge in [0.25, 0.3) is 0 Å². The van der Waals surface area contributed by atoms with Gasteiger partial charge in [-0.1, -0.05) is 39.5 Å². The lowest BCUT2D eigenvalue weighted by molar-refractivity contribution is -0.177. The van der Waals surface area contributed by atoms with Crippen molar-refractivity contribution in [1.29, 1.82) is 0 Å². The van der Waals surface area contributed by atoms with E-state index >= 15 is 0 Å². The van der Waals surface area contributed by atoms with Gasteiger partial charge in [0.15, 0.2) is 0 Å². The van der Waals surface area contributed by atoms with Crippen molar-refractivity contribution in [1.82, 2.24) is 0 Å². The molecule has 0 heterocycles. The minimum absolute atomic E-state index is 0. The van der Waals surface area contributed by atoms with Gasteiger partial charge in [0.1, 0.15) is 0 Å². The lowest BCUT2D eigenvalue weighted by Gasteiger charge is -2.41. The first kappa shape index (κ1) is 21.5. The van der Waals surface area contributed by atoms with E-state index < -0.39 is 0 Å². The van der Waals surface area contributed by atoms with Crippen LogP contribution in [0.4, 0.5) is 0 Å². The molecule has 19 heavy (non-hydrogen) atoms. The molecule has 0 amide bonds. The molecule has 0 N–H and O–H groups in total. The van der Waals surface area contributed by atoms with Gasteiger partial charge in [-0.05, 0) is 40.5 Å². The summed E-state index contributed by atoms with van der Waals surface area (Å²) < 4.78 is 12.1. The van der Waals surface area contributed by atoms with Crippen LogP contribution in [0.25, 0.3) is 0 Å². The van der Waals surface area contributed by atoms with Crippen molar-refractivity contribution in [2.75, 3.05) is 13.2 Å². The van der Waals surface area contributed by atoms with E-state index in [1.807, 2.05) is 0 Å². The molecule has 0 rings (SSSR count). The summed E-state index contributed by atoms with van der Waals surface area (Å²) in [5.74, 6) is 0. The smallest absolute Gasteiger partial charge is 0.0909 e. The van der Waals surface area contributed by atoms with Crippen LogP contribution in [0.5, 0.6) is 0 Å². The van der Waals surface area contributed by atoms with Crippen LogP contribution in [0.3, 0.4) is 0 Å². The zero-order chi connectivity index (χ0) is 14.1. The summed E-state index contributed by atoms with van der Waals surface area (Å²) in [4.78, 5) is 0. The van der Waals surface area contributed by atoms with Gasteiger partial charge in [-0.2, -0.15) is 0 Å². The van der Waals surface area contributed by atoms with E-state index in [-0.39, 0.29) is 23.6 Å². The van der Waals surface area contributed by atoms with Gasteiger partial charge in [0, 0.05) is 13.2 Å². The van der Waals surface area contributed by atoms with E-state index in [4.69, 9.17) is 9.47 Å². The fourth-order valence-corrected chi connectivity index (χ4v) is 1.71. The van der Waals surface area contributed by atoms with Gasteiger partial charge >= 0.3 is 0 Å². The van der Waals surface area contributed by atoms with Crippen molar-refractivity contribution < 1.29 is 9.47 Å². The Labute approximate surface area is 127 Å². The highest BCUT2D eigenvalue weighted by molar-refractivity contribution is 5.85. The van der Waals surface area contributed by atoms with Gasteiger partial charge in [-0.3, -0.25) is 0 Å². The summed E-state index contributed by atoms with van der Waals surface area (Å²) in [5, 5.41) is 0. The maximum atomic E-state index is 6.03. The maximum Gasteiger partial charge on any atom is 0.0909 e. The van der Waals surface area contributed by atoms with Crippen LogP contribution < -0.4 is 0 Å². The second-order valence-corrected chi connectivity index (χ2v) is 6.13. The predicted octanol–water partition coefficient (Wildman–Crippen LogP) is 5.38. The standard InChI is InChI=1S/C16H34O2.ClH/c1-7-9-11-13-17-15(3,4)16(5,6)18-14-12-10-8-2;/h7-14H2,1-6H3;1H. The van der Waals surface area contributed by atoms with E-state index in [9.17, 15) is 0 Å². The Morgan fingerprint density at radius 2 is 0.947 bits per heavy atom. The third-order valence-electron chi connectivity index (χ3n) is 3.87. The number of unbranched alkanes of at least 4 members (excludes halogenated alkanes) is 4. The topological polar surface area (TPSA) is 18.5 Å². The van der Waals surface area contributed by atoms with Crippen molar-refractivity contribution in [2.24, 2.45) is 0 Å². The zero-order valence-corrected chi connectivity index (χ0v) is 14.7. The lowest BCUT2D eigenvalue weighted by Crippen LogP contribution is -2.49. The normalized spacial score (nSPS) is 12.3. The van der Waals surface area contributed by atoms with Crippen molar-refractivity contribution in [2.45, 2.75) is 91.3 Å². The van der Waals surface area contributed by atoms with E-state index in [1.54, 1.807) is 0 Å². The number of hydrogen-bond donors (Lipinski definition) is 0. The van der Waals surface area contributed by atoms with Crippen LogP contribution in [0.2, 0.25) is 0 Å². The Morgan fingerprint density at radius 1 is 0.632 bits per heavy atom. The Balaban J connectivity index is 0. The summed E-state index contributed by atoms with van der Waals surface area (Å²) in [6.07, 6.45) is 7.25. The number of hydrogen-bond acceptors (Lipinski definition) is 2. The van der Waals surface area contributed by atoms with Crippen LogP contribution in [-0.4, -0.2) is 24.4 Å². The van der Waals surface area contributed by atoms with Gasteiger partial charge in [0.05, 0.1) is 11.2 Å². The van der Waals surface area contributed by atoms with Crippen LogP contribution in [0, 0.1) is 0 Å². The molecule has 3 heteroatoms. The fourth-order valence-electron chi connectivity index (χ4n) is 1.71. The summed E-state index contributed by atoms with van der Waals surface area (Å²) in [7, 11) is 0. The van der Waals surface area contributed by atoms with Gasteiger partial charge in [0.2, 0.25) is 0 Å². The van der Waals surface area contributed by atoms with Crippen molar-refractivity contribution in [3.05, 3.63) is 0 Å². The van der Waals surface area contributed by atoms with E-state index in [0.29, 0.717) is 0 Å². The predicted molar refractivity (Wildman–Crippen MR) is 86.4 cm³/mol. The number of ether oxygens (including phenoxy) is 2. The summed E-state index contributed by atoms with van der Waals surface area (Å²) in [6, 6.07) is 0. The molecule has 0 fully saturated rings. The molecule has 0 aliphatic heterocycles. The molecule has 0 aliphatic rings. The first-order valence-corrected chi connectivity index (χ1v) is 7.65. The Kier molecular flexibility index (Phi) is 12.4. The molecule has 0 atom stereocenters. The van der Waals surface area contributed by atoms with Crippen LogP contribution in [0.1, 0.15) is 80.1 Å². The second kappa shape index (κ2) is 10.9. The Hall–Kier alpha value is 0.210.